The molecule has 2 heterocycles. The summed E-state index contributed by atoms with van der Waals surface area (Å²) in [6, 6.07) is 5.05. The van der Waals surface area contributed by atoms with E-state index in [1.54, 1.807) is 12.3 Å². The number of nitrogen functional groups attached to an aromatic ring is 1. The van der Waals surface area contributed by atoms with Crippen LogP contribution in [0.5, 0.6) is 0 Å². The lowest BCUT2D eigenvalue weighted by atomic mass is 10.0. The van der Waals surface area contributed by atoms with Gasteiger partial charge in [0.15, 0.2) is 5.13 Å². The predicted molar refractivity (Wildman–Crippen MR) is 79.5 cm³/mol. The molecule has 1 aliphatic rings. The largest absolute Gasteiger partial charge is 0.375 e. The van der Waals surface area contributed by atoms with Crippen molar-refractivity contribution in [1.82, 2.24) is 4.98 Å². The number of halogens is 2. The lowest BCUT2D eigenvalue weighted by molar-refractivity contribution is 0.619. The van der Waals surface area contributed by atoms with Crippen LogP contribution in [0.25, 0.3) is 0 Å². The summed E-state index contributed by atoms with van der Waals surface area (Å²) in [6.45, 7) is 1.71. The van der Waals surface area contributed by atoms with E-state index >= 15 is 0 Å². The van der Waals surface area contributed by atoms with Crippen molar-refractivity contribution in [2.24, 2.45) is 0 Å². The molecule has 1 aromatic heterocycles. The van der Waals surface area contributed by atoms with E-state index < -0.39 is 0 Å². The number of aryl methyl sites for hydroxylation is 1. The van der Waals surface area contributed by atoms with Gasteiger partial charge >= 0.3 is 0 Å². The third-order valence-corrected chi connectivity index (χ3v) is 3.99. The molecule has 1 aromatic carbocycles. The highest BCUT2D eigenvalue weighted by Gasteiger charge is 2.18. The second kappa shape index (κ2) is 5.75. The van der Waals surface area contributed by atoms with E-state index in [4.69, 9.17) is 5.73 Å². The average Bonchev–Trinajstić information content (AvgIpc) is 2.76. The molecule has 0 amide bonds. The zero-order valence-corrected chi connectivity index (χ0v) is 11.9. The number of anilines is 2. The van der Waals surface area contributed by atoms with Gasteiger partial charge in [-0.1, -0.05) is 6.07 Å². The predicted octanol–water partition coefficient (Wildman–Crippen LogP) is 3.24. The number of nitrogens with zero attached hydrogens (tertiary/aromatic N) is 2. The van der Waals surface area contributed by atoms with Gasteiger partial charge in [0.25, 0.3) is 0 Å². The van der Waals surface area contributed by atoms with Gasteiger partial charge in [-0.3, -0.25) is 0 Å². The fraction of sp³-hybridized carbons (Fsp3) is 0.308. The van der Waals surface area contributed by atoms with Crippen LogP contribution in [0.2, 0.25) is 0 Å². The van der Waals surface area contributed by atoms with Crippen LogP contribution in [-0.2, 0) is 13.0 Å². The molecule has 0 saturated carbocycles. The van der Waals surface area contributed by atoms with Crippen molar-refractivity contribution >= 4 is 34.6 Å². The first-order chi connectivity index (χ1) is 8.72. The molecule has 0 saturated heterocycles. The van der Waals surface area contributed by atoms with Crippen molar-refractivity contribution in [3.8, 4) is 0 Å². The minimum absolute atomic E-state index is 0. The molecule has 3 nitrogen and oxygen atoms in total. The summed E-state index contributed by atoms with van der Waals surface area (Å²) in [5, 5.41) is 0.585. The Bertz CT molecular complexity index is 573. The molecule has 0 radical (unpaired) electrons. The highest BCUT2D eigenvalue weighted by molar-refractivity contribution is 7.15. The molecule has 0 spiro atoms. The van der Waals surface area contributed by atoms with E-state index in [1.807, 2.05) is 6.07 Å². The van der Waals surface area contributed by atoms with Crippen molar-refractivity contribution < 1.29 is 4.39 Å². The van der Waals surface area contributed by atoms with Gasteiger partial charge in [0.05, 0.1) is 6.54 Å². The lowest BCUT2D eigenvalue weighted by Gasteiger charge is -2.30. The summed E-state index contributed by atoms with van der Waals surface area (Å²) in [7, 11) is 0. The van der Waals surface area contributed by atoms with Crippen LogP contribution in [0.1, 0.15) is 16.9 Å². The Morgan fingerprint density at radius 1 is 1.42 bits per heavy atom. The zero-order valence-electron chi connectivity index (χ0n) is 10.3. The number of thiazole rings is 1. The van der Waals surface area contributed by atoms with E-state index in [-0.39, 0.29) is 18.2 Å². The number of rotatable bonds is 2. The molecule has 0 fully saturated rings. The van der Waals surface area contributed by atoms with Gasteiger partial charge in [-0.05, 0) is 30.5 Å². The van der Waals surface area contributed by atoms with Gasteiger partial charge in [0.2, 0.25) is 0 Å². The van der Waals surface area contributed by atoms with Crippen molar-refractivity contribution in [1.29, 1.82) is 0 Å². The molecule has 19 heavy (non-hydrogen) atoms. The highest BCUT2D eigenvalue weighted by Crippen LogP contribution is 2.30. The van der Waals surface area contributed by atoms with Crippen LogP contribution < -0.4 is 10.6 Å². The molecule has 1 aliphatic heterocycles. The van der Waals surface area contributed by atoms with E-state index in [1.165, 1.54) is 23.0 Å². The molecule has 3 rings (SSSR count). The van der Waals surface area contributed by atoms with Crippen LogP contribution in [0.4, 0.5) is 15.2 Å². The smallest absolute Gasteiger partial charge is 0.180 e. The van der Waals surface area contributed by atoms with Crippen molar-refractivity contribution in [3.05, 3.63) is 40.7 Å². The minimum atomic E-state index is -0.176. The van der Waals surface area contributed by atoms with Crippen LogP contribution in [0.3, 0.4) is 0 Å². The maximum absolute atomic E-state index is 13.4. The van der Waals surface area contributed by atoms with Crippen molar-refractivity contribution in [2.45, 2.75) is 19.4 Å². The van der Waals surface area contributed by atoms with Gasteiger partial charge in [-0.2, -0.15) is 0 Å². The van der Waals surface area contributed by atoms with Crippen molar-refractivity contribution in [2.75, 3.05) is 17.2 Å². The summed E-state index contributed by atoms with van der Waals surface area (Å²) in [5.74, 6) is -0.176. The van der Waals surface area contributed by atoms with Crippen LogP contribution in [0, 0.1) is 5.82 Å². The summed E-state index contributed by atoms with van der Waals surface area (Å²) < 4.78 is 13.4. The van der Waals surface area contributed by atoms with E-state index in [0.29, 0.717) is 5.13 Å². The fourth-order valence-corrected chi connectivity index (χ4v) is 3.07. The Balaban J connectivity index is 0.00000133. The Labute approximate surface area is 121 Å². The first-order valence-corrected chi connectivity index (χ1v) is 6.77. The maximum atomic E-state index is 13.4. The summed E-state index contributed by atoms with van der Waals surface area (Å²) in [4.78, 5) is 7.37. The first-order valence-electron chi connectivity index (χ1n) is 5.96. The van der Waals surface area contributed by atoms with Gasteiger partial charge in [-0.25, -0.2) is 9.37 Å². The number of aromatic nitrogens is 1. The standard InChI is InChI=1S/C13H14FN3S.ClH/c14-10-4-3-9-2-1-5-17(12(9)6-10)8-11-7-16-13(15)18-11;/h3-4,6-7H,1-2,5,8H2,(H2,15,16);1H. The highest BCUT2D eigenvalue weighted by atomic mass is 35.5. The molecule has 0 aliphatic carbocycles. The third-order valence-electron chi connectivity index (χ3n) is 3.18. The number of hydrogen-bond donors (Lipinski definition) is 1. The summed E-state index contributed by atoms with van der Waals surface area (Å²) in [5.41, 5.74) is 7.86. The average molecular weight is 300 g/mol. The van der Waals surface area contributed by atoms with Gasteiger partial charge in [0.1, 0.15) is 5.82 Å². The first kappa shape index (κ1) is 14.1. The molecule has 0 unspecified atom stereocenters. The van der Waals surface area contributed by atoms with E-state index in [2.05, 4.69) is 9.88 Å². The van der Waals surface area contributed by atoms with Crippen LogP contribution in [-0.4, -0.2) is 11.5 Å². The van der Waals surface area contributed by atoms with Crippen molar-refractivity contribution in [3.63, 3.8) is 0 Å². The number of nitrogens with two attached hydrogens (primary N) is 1. The Hall–Kier alpha value is -1.33. The quantitative estimate of drug-likeness (QED) is 0.925. The normalized spacial score (nSPS) is 13.8. The zero-order chi connectivity index (χ0) is 12.5. The third kappa shape index (κ3) is 2.98. The molecule has 0 bridgehead atoms. The van der Waals surface area contributed by atoms with Crippen LogP contribution in [0.15, 0.2) is 24.4 Å². The number of hydrogen-bond acceptors (Lipinski definition) is 4. The fourth-order valence-electron chi connectivity index (χ4n) is 2.37. The monoisotopic (exact) mass is 299 g/mol. The summed E-state index contributed by atoms with van der Waals surface area (Å²) >= 11 is 1.49. The Morgan fingerprint density at radius 3 is 3.00 bits per heavy atom. The van der Waals surface area contributed by atoms with E-state index in [0.717, 1.165) is 36.5 Å². The molecule has 102 valence electrons. The minimum Gasteiger partial charge on any atom is -0.375 e. The van der Waals surface area contributed by atoms with Gasteiger partial charge in [-0.15, -0.1) is 23.7 Å². The molecular formula is C13H15ClFN3S. The topological polar surface area (TPSA) is 42.1 Å². The second-order valence-electron chi connectivity index (χ2n) is 4.46. The van der Waals surface area contributed by atoms with Gasteiger partial charge in [0, 0.05) is 23.3 Å². The maximum Gasteiger partial charge on any atom is 0.180 e. The molecule has 6 heteroatoms. The Morgan fingerprint density at radius 2 is 2.26 bits per heavy atom. The molecular weight excluding hydrogens is 285 g/mol. The molecule has 2 N–H and O–H groups in total. The lowest BCUT2D eigenvalue weighted by Crippen LogP contribution is -2.28. The van der Waals surface area contributed by atoms with E-state index in [9.17, 15) is 4.39 Å². The van der Waals surface area contributed by atoms with Crippen LogP contribution >= 0.6 is 23.7 Å². The summed E-state index contributed by atoms with van der Waals surface area (Å²) in [6.07, 6.45) is 3.93. The molecule has 0 atom stereocenters. The SMILES string of the molecule is Cl.Nc1ncc(CN2CCCc3ccc(F)cc32)s1. The number of fused-ring (bicyclic) bond motifs is 1. The second-order valence-corrected chi connectivity index (χ2v) is 5.61. The Kier molecular flexibility index (Phi) is 4.27. The van der Waals surface area contributed by atoms with Gasteiger partial charge < -0.3 is 10.6 Å². The number of benzene rings is 1. The molecule has 2 aromatic rings.